The van der Waals surface area contributed by atoms with E-state index in [9.17, 15) is 4.79 Å². The maximum Gasteiger partial charge on any atom is 0.257 e. The Morgan fingerprint density at radius 2 is 2.14 bits per heavy atom. The van der Waals surface area contributed by atoms with Crippen LogP contribution in [0.3, 0.4) is 0 Å². The average Bonchev–Trinajstić information content (AvgIpc) is 2.50. The van der Waals surface area contributed by atoms with Gasteiger partial charge in [0, 0.05) is 18.8 Å². The van der Waals surface area contributed by atoms with Gasteiger partial charge in [-0.1, -0.05) is 11.6 Å². The first-order valence-corrected chi connectivity index (χ1v) is 6.72. The van der Waals surface area contributed by atoms with Crippen LogP contribution in [0, 0.1) is 0 Å². The van der Waals surface area contributed by atoms with Gasteiger partial charge in [-0.05, 0) is 19.1 Å². The maximum atomic E-state index is 12.2. The number of carbonyl (C=O) groups is 1. The van der Waals surface area contributed by atoms with E-state index in [0.717, 1.165) is 0 Å². The lowest BCUT2D eigenvalue weighted by Gasteiger charge is -2.09. The minimum absolute atomic E-state index is 0.288. The molecule has 0 fully saturated rings. The molecule has 0 aliphatic carbocycles. The van der Waals surface area contributed by atoms with Crippen LogP contribution in [-0.4, -0.2) is 29.5 Å². The lowest BCUT2D eigenvalue weighted by atomic mass is 10.2. The van der Waals surface area contributed by atoms with Crippen molar-refractivity contribution in [2.45, 2.75) is 6.92 Å². The summed E-state index contributed by atoms with van der Waals surface area (Å²) in [6.07, 6.45) is 2.96. The molecule has 0 aliphatic rings. The number of hydrogen-bond acceptors (Lipinski definition) is 5. The minimum atomic E-state index is -0.325. The third-order valence-corrected chi connectivity index (χ3v) is 2.96. The lowest BCUT2D eigenvalue weighted by molar-refractivity contribution is 0.102. The third kappa shape index (κ3) is 3.82. The topological polar surface area (TPSA) is 76.1 Å². The van der Waals surface area contributed by atoms with Crippen LogP contribution in [0.15, 0.2) is 30.6 Å². The van der Waals surface area contributed by atoms with Crippen LogP contribution < -0.4 is 15.4 Å². The van der Waals surface area contributed by atoms with Gasteiger partial charge < -0.3 is 15.4 Å². The molecule has 7 heteroatoms. The zero-order valence-electron chi connectivity index (χ0n) is 11.7. The van der Waals surface area contributed by atoms with Gasteiger partial charge in [0.05, 0.1) is 29.6 Å². The van der Waals surface area contributed by atoms with Crippen LogP contribution in [0.2, 0.25) is 5.02 Å². The number of aromatic nitrogens is 2. The van der Waals surface area contributed by atoms with Gasteiger partial charge in [0.25, 0.3) is 5.91 Å². The smallest absolute Gasteiger partial charge is 0.257 e. The van der Waals surface area contributed by atoms with Crippen LogP contribution >= 0.6 is 11.6 Å². The molecule has 0 aromatic carbocycles. The van der Waals surface area contributed by atoms with E-state index in [1.807, 2.05) is 6.92 Å². The largest absolute Gasteiger partial charge is 0.481 e. The summed E-state index contributed by atoms with van der Waals surface area (Å²) in [6, 6.07) is 4.97. The van der Waals surface area contributed by atoms with Crippen LogP contribution in [0.1, 0.15) is 17.3 Å². The second-order valence-electron chi connectivity index (χ2n) is 4.12. The first-order valence-electron chi connectivity index (χ1n) is 6.35. The number of ether oxygens (including phenoxy) is 1. The van der Waals surface area contributed by atoms with Gasteiger partial charge in [0.2, 0.25) is 5.88 Å². The average molecular weight is 307 g/mol. The highest BCUT2D eigenvalue weighted by Gasteiger charge is 2.12. The number of nitrogens with zero attached hydrogens (tertiary/aromatic N) is 2. The molecule has 0 spiro atoms. The molecule has 0 saturated heterocycles. The number of halogens is 1. The Morgan fingerprint density at radius 1 is 1.33 bits per heavy atom. The summed E-state index contributed by atoms with van der Waals surface area (Å²) in [4.78, 5) is 20.3. The highest BCUT2D eigenvalue weighted by Crippen LogP contribution is 2.20. The van der Waals surface area contributed by atoms with Crippen LogP contribution in [0.25, 0.3) is 0 Å². The van der Waals surface area contributed by atoms with Crippen molar-refractivity contribution in [2.24, 2.45) is 0 Å². The maximum absolute atomic E-state index is 12.2. The normalized spacial score (nSPS) is 10.0. The first kappa shape index (κ1) is 15.1. The van der Waals surface area contributed by atoms with E-state index >= 15 is 0 Å². The fraction of sp³-hybridized carbons (Fsp3) is 0.214. The molecule has 2 aromatic heterocycles. The van der Waals surface area contributed by atoms with Gasteiger partial charge in [-0.3, -0.25) is 4.79 Å². The summed E-state index contributed by atoms with van der Waals surface area (Å²) in [5.41, 5.74) is 0.900. The van der Waals surface area contributed by atoms with Crippen LogP contribution in [0.4, 0.5) is 11.5 Å². The summed E-state index contributed by atoms with van der Waals surface area (Å²) in [6.45, 7) is 2.65. The Hall–Kier alpha value is -2.34. The van der Waals surface area contributed by atoms with Crippen molar-refractivity contribution >= 4 is 29.0 Å². The Bertz CT molecular complexity index is 631. The highest BCUT2D eigenvalue weighted by atomic mass is 35.5. The van der Waals surface area contributed by atoms with Gasteiger partial charge in [-0.25, -0.2) is 9.97 Å². The number of rotatable bonds is 5. The fourth-order valence-corrected chi connectivity index (χ4v) is 1.85. The molecule has 2 N–H and O–H groups in total. The van der Waals surface area contributed by atoms with E-state index in [1.54, 1.807) is 18.2 Å². The number of amides is 1. The molecule has 0 unspecified atom stereocenters. The van der Waals surface area contributed by atoms with Crippen molar-refractivity contribution in [1.82, 2.24) is 9.97 Å². The van der Waals surface area contributed by atoms with Crippen molar-refractivity contribution in [2.75, 3.05) is 24.3 Å². The first-order chi connectivity index (χ1) is 10.1. The van der Waals surface area contributed by atoms with Crippen LogP contribution in [-0.2, 0) is 0 Å². The zero-order chi connectivity index (χ0) is 15.2. The van der Waals surface area contributed by atoms with Crippen LogP contribution in [0.5, 0.6) is 5.88 Å². The molecule has 0 radical (unpaired) electrons. The molecule has 0 aliphatic heterocycles. The number of nitrogens with one attached hydrogen (secondary N) is 2. The lowest BCUT2D eigenvalue weighted by Crippen LogP contribution is -2.13. The van der Waals surface area contributed by atoms with E-state index in [2.05, 4.69) is 20.6 Å². The molecule has 0 saturated carbocycles. The summed E-state index contributed by atoms with van der Waals surface area (Å²) in [5, 5.41) is 6.04. The molecule has 110 valence electrons. The molecule has 0 atom stereocenters. The molecule has 2 aromatic rings. The van der Waals surface area contributed by atoms with E-state index < -0.39 is 0 Å². The Labute approximate surface area is 127 Å². The molecular weight excluding hydrogens is 292 g/mol. The highest BCUT2D eigenvalue weighted by molar-refractivity contribution is 6.34. The van der Waals surface area contributed by atoms with E-state index in [4.69, 9.17) is 16.3 Å². The van der Waals surface area contributed by atoms with Crippen molar-refractivity contribution < 1.29 is 9.53 Å². The standard InChI is InChI=1S/C14H15ClN4O2/c1-3-16-12-6-10(11(15)8-17-12)14(20)19-9-4-5-13(21-2)18-7-9/h4-8H,3H2,1-2H3,(H,16,17)(H,19,20). The van der Waals surface area contributed by atoms with E-state index in [1.165, 1.54) is 19.5 Å². The molecule has 0 bridgehead atoms. The van der Waals surface area contributed by atoms with Gasteiger partial charge in [0.1, 0.15) is 5.82 Å². The second-order valence-corrected chi connectivity index (χ2v) is 4.53. The van der Waals surface area contributed by atoms with Crippen molar-refractivity contribution in [1.29, 1.82) is 0 Å². The Morgan fingerprint density at radius 3 is 2.76 bits per heavy atom. The van der Waals surface area contributed by atoms with Crippen molar-refractivity contribution in [3.8, 4) is 5.88 Å². The third-order valence-electron chi connectivity index (χ3n) is 2.66. The molecule has 6 nitrogen and oxygen atoms in total. The molecule has 21 heavy (non-hydrogen) atoms. The summed E-state index contributed by atoms with van der Waals surface area (Å²) >= 11 is 6.02. The summed E-state index contributed by atoms with van der Waals surface area (Å²) in [7, 11) is 1.53. The molecule has 2 rings (SSSR count). The molecular formula is C14H15ClN4O2. The van der Waals surface area contributed by atoms with E-state index in [0.29, 0.717) is 29.5 Å². The van der Waals surface area contributed by atoms with Gasteiger partial charge in [0.15, 0.2) is 0 Å². The quantitative estimate of drug-likeness (QED) is 0.888. The minimum Gasteiger partial charge on any atom is -0.481 e. The predicted molar refractivity (Wildman–Crippen MR) is 82.2 cm³/mol. The van der Waals surface area contributed by atoms with Crippen molar-refractivity contribution in [3.63, 3.8) is 0 Å². The number of methoxy groups -OCH3 is 1. The number of hydrogen-bond donors (Lipinski definition) is 2. The van der Waals surface area contributed by atoms with Gasteiger partial charge in [-0.2, -0.15) is 0 Å². The van der Waals surface area contributed by atoms with Crippen molar-refractivity contribution in [3.05, 3.63) is 41.2 Å². The molecule has 2 heterocycles. The predicted octanol–water partition coefficient (Wildman–Crippen LogP) is 2.82. The zero-order valence-corrected chi connectivity index (χ0v) is 12.4. The van der Waals surface area contributed by atoms with Gasteiger partial charge in [-0.15, -0.1) is 0 Å². The summed E-state index contributed by atoms with van der Waals surface area (Å²) < 4.78 is 4.96. The number of pyridine rings is 2. The molecule has 1 amide bonds. The monoisotopic (exact) mass is 306 g/mol. The Balaban J connectivity index is 2.17. The SMILES string of the molecule is CCNc1cc(C(=O)Nc2ccc(OC)nc2)c(Cl)cn1. The number of carbonyl (C=O) groups excluding carboxylic acids is 1. The fourth-order valence-electron chi connectivity index (χ4n) is 1.66. The Kier molecular flexibility index (Phi) is 4.94. The number of anilines is 2. The second kappa shape index (κ2) is 6.90. The summed E-state index contributed by atoms with van der Waals surface area (Å²) in [5.74, 6) is 0.748. The van der Waals surface area contributed by atoms with E-state index in [-0.39, 0.29) is 10.9 Å². The van der Waals surface area contributed by atoms with Gasteiger partial charge >= 0.3 is 0 Å².